The molecule has 1 aliphatic rings. The van der Waals surface area contributed by atoms with Gasteiger partial charge < -0.3 is 9.73 Å². The largest absolute Gasteiger partial charge is 0.456 e. The van der Waals surface area contributed by atoms with Gasteiger partial charge in [0.05, 0.1) is 0 Å². The van der Waals surface area contributed by atoms with E-state index >= 15 is 0 Å². The van der Waals surface area contributed by atoms with Gasteiger partial charge in [0.2, 0.25) is 0 Å². The van der Waals surface area contributed by atoms with E-state index in [0.29, 0.717) is 5.84 Å². The van der Waals surface area contributed by atoms with Gasteiger partial charge in [0, 0.05) is 27.5 Å². The predicted molar refractivity (Wildman–Crippen MR) is 211 cm³/mol. The Labute approximate surface area is 295 Å². The third-order valence-corrected chi connectivity index (χ3v) is 9.90. The van der Waals surface area contributed by atoms with E-state index < -0.39 is 0 Å². The minimum absolute atomic E-state index is 0.385. The minimum Gasteiger partial charge on any atom is -0.456 e. The van der Waals surface area contributed by atoms with Gasteiger partial charge in [0.25, 0.3) is 0 Å². The number of rotatable bonds is 5. The van der Waals surface area contributed by atoms with E-state index in [4.69, 9.17) is 14.4 Å². The zero-order valence-electron chi connectivity index (χ0n) is 27.6. The lowest BCUT2D eigenvalue weighted by molar-refractivity contribution is 0.662. The molecule has 1 aromatic heterocycles. The second kappa shape index (κ2) is 12.0. The molecular formula is C47H31N3O. The van der Waals surface area contributed by atoms with Crippen LogP contribution in [0.4, 0.5) is 0 Å². The lowest BCUT2D eigenvalue weighted by Crippen LogP contribution is -2.33. The summed E-state index contributed by atoms with van der Waals surface area (Å²) in [4.78, 5) is 10.4. The fraction of sp³-hybridized carbons (Fsp3) is 0.0213. The Balaban J connectivity index is 1.09. The lowest BCUT2D eigenvalue weighted by Gasteiger charge is -2.24. The van der Waals surface area contributed by atoms with Crippen LogP contribution in [-0.4, -0.2) is 11.7 Å². The average Bonchev–Trinajstić information content (AvgIpc) is 3.59. The monoisotopic (exact) mass is 653 g/mol. The smallest absolute Gasteiger partial charge is 0.159 e. The summed E-state index contributed by atoms with van der Waals surface area (Å²) in [7, 11) is 0. The second-order valence-corrected chi connectivity index (χ2v) is 13.1. The van der Waals surface area contributed by atoms with Crippen LogP contribution in [0.15, 0.2) is 190 Å². The first-order chi connectivity index (χ1) is 25.2. The molecule has 240 valence electrons. The van der Waals surface area contributed by atoms with Gasteiger partial charge in [0.1, 0.15) is 23.2 Å². The normalized spacial score (nSPS) is 14.5. The second-order valence-electron chi connectivity index (χ2n) is 13.1. The van der Waals surface area contributed by atoms with Gasteiger partial charge in [0.15, 0.2) is 5.84 Å². The fourth-order valence-corrected chi connectivity index (χ4v) is 7.31. The first-order valence-electron chi connectivity index (χ1n) is 17.3. The van der Waals surface area contributed by atoms with Crippen molar-refractivity contribution < 1.29 is 4.42 Å². The van der Waals surface area contributed by atoms with E-state index in [1.807, 2.05) is 30.3 Å². The first-order valence-corrected chi connectivity index (χ1v) is 17.3. The van der Waals surface area contributed by atoms with E-state index in [1.165, 1.54) is 27.3 Å². The molecule has 0 amide bonds. The number of hydrogen-bond donors (Lipinski definition) is 1. The van der Waals surface area contributed by atoms with Crippen molar-refractivity contribution in [2.75, 3.05) is 0 Å². The van der Waals surface area contributed by atoms with Gasteiger partial charge in [-0.05, 0) is 80.2 Å². The van der Waals surface area contributed by atoms with Crippen LogP contribution in [0.5, 0.6) is 0 Å². The molecule has 2 heterocycles. The zero-order valence-corrected chi connectivity index (χ0v) is 27.6. The topological polar surface area (TPSA) is 49.9 Å². The van der Waals surface area contributed by atoms with E-state index in [-0.39, 0.29) is 6.17 Å². The molecule has 0 aliphatic carbocycles. The van der Waals surface area contributed by atoms with Crippen LogP contribution >= 0.6 is 0 Å². The quantitative estimate of drug-likeness (QED) is 0.201. The van der Waals surface area contributed by atoms with Crippen molar-refractivity contribution >= 4 is 55.2 Å². The number of nitrogens with one attached hydrogen (secondary N) is 1. The molecule has 1 aliphatic heterocycles. The highest BCUT2D eigenvalue weighted by molar-refractivity contribution is 6.15. The summed E-state index contributed by atoms with van der Waals surface area (Å²) in [5, 5.41) is 10.6. The fourth-order valence-electron chi connectivity index (χ4n) is 7.31. The van der Waals surface area contributed by atoms with Gasteiger partial charge >= 0.3 is 0 Å². The minimum atomic E-state index is -0.385. The zero-order chi connectivity index (χ0) is 33.7. The van der Waals surface area contributed by atoms with Crippen molar-refractivity contribution in [1.29, 1.82) is 0 Å². The molecule has 4 heteroatoms. The van der Waals surface area contributed by atoms with Gasteiger partial charge in [-0.15, -0.1) is 0 Å². The van der Waals surface area contributed by atoms with Crippen LogP contribution in [0.2, 0.25) is 0 Å². The number of amidine groups is 2. The molecule has 1 atom stereocenters. The summed E-state index contributed by atoms with van der Waals surface area (Å²) in [6.07, 6.45) is -0.385. The molecule has 0 saturated carbocycles. The molecule has 0 saturated heterocycles. The van der Waals surface area contributed by atoms with Gasteiger partial charge in [-0.3, -0.25) is 0 Å². The van der Waals surface area contributed by atoms with Crippen molar-refractivity contribution in [3.05, 3.63) is 193 Å². The number of furan rings is 1. The van der Waals surface area contributed by atoms with E-state index in [0.717, 1.165) is 61.0 Å². The first kappa shape index (κ1) is 29.2. The average molecular weight is 654 g/mol. The van der Waals surface area contributed by atoms with Crippen molar-refractivity contribution in [1.82, 2.24) is 5.32 Å². The van der Waals surface area contributed by atoms with Crippen LogP contribution in [0.3, 0.4) is 0 Å². The molecule has 8 aromatic carbocycles. The third-order valence-electron chi connectivity index (χ3n) is 9.90. The van der Waals surface area contributed by atoms with Crippen LogP contribution in [0.1, 0.15) is 22.9 Å². The Morgan fingerprint density at radius 1 is 0.431 bits per heavy atom. The van der Waals surface area contributed by atoms with Crippen molar-refractivity contribution in [3.8, 4) is 22.3 Å². The van der Waals surface area contributed by atoms with Crippen molar-refractivity contribution in [2.45, 2.75) is 6.17 Å². The highest BCUT2D eigenvalue weighted by Gasteiger charge is 2.25. The molecule has 51 heavy (non-hydrogen) atoms. The summed E-state index contributed by atoms with van der Waals surface area (Å²) in [6, 6.07) is 61.7. The molecule has 0 bridgehead atoms. The van der Waals surface area contributed by atoms with E-state index in [2.05, 4.69) is 151 Å². The third kappa shape index (κ3) is 5.25. The Morgan fingerprint density at radius 3 is 1.84 bits per heavy atom. The molecule has 0 fully saturated rings. The molecule has 0 radical (unpaired) electrons. The predicted octanol–water partition coefficient (Wildman–Crippen LogP) is 11.7. The van der Waals surface area contributed by atoms with Gasteiger partial charge in [-0.1, -0.05) is 140 Å². The Kier molecular flexibility index (Phi) is 6.85. The highest BCUT2D eigenvalue weighted by Crippen LogP contribution is 2.38. The molecule has 10 rings (SSSR count). The maximum Gasteiger partial charge on any atom is 0.159 e. The number of aliphatic imine (C=N–C) groups is 2. The lowest BCUT2D eigenvalue weighted by atomic mass is 9.98. The summed E-state index contributed by atoms with van der Waals surface area (Å²) < 4.78 is 6.55. The standard InChI is InChI=1S/C47H31N3O/c1-3-10-30(11-4-1)35-21-19-32-20-23-38(28-39(32)27-35)46-48-45(33-13-5-2-6-14-33)49-47(50-46)41-16-9-17-42-44(41)40-25-24-37(29-43(40)51-42)36-22-18-31-12-7-8-15-34(31)26-36/h1-29,47H,(H,48,49,50). The number of fused-ring (bicyclic) bond motifs is 5. The van der Waals surface area contributed by atoms with E-state index in [9.17, 15) is 0 Å². The molecular weight excluding hydrogens is 623 g/mol. The molecule has 0 spiro atoms. The Bertz CT molecular complexity index is 2830. The number of benzene rings is 8. The van der Waals surface area contributed by atoms with Crippen LogP contribution in [-0.2, 0) is 0 Å². The Hall–Kier alpha value is -6.78. The van der Waals surface area contributed by atoms with Crippen molar-refractivity contribution in [2.24, 2.45) is 9.98 Å². The molecule has 9 aromatic rings. The maximum absolute atomic E-state index is 6.55. The van der Waals surface area contributed by atoms with Gasteiger partial charge in [-0.25, -0.2) is 9.98 Å². The van der Waals surface area contributed by atoms with Gasteiger partial charge in [-0.2, -0.15) is 0 Å². The summed E-state index contributed by atoms with van der Waals surface area (Å²) in [5.74, 6) is 1.47. The van der Waals surface area contributed by atoms with E-state index in [1.54, 1.807) is 0 Å². The van der Waals surface area contributed by atoms with Crippen LogP contribution in [0.25, 0.3) is 65.7 Å². The van der Waals surface area contributed by atoms with Crippen LogP contribution in [0, 0.1) is 0 Å². The highest BCUT2D eigenvalue weighted by atomic mass is 16.3. The SMILES string of the molecule is c1ccc(C2=NC(c3ccc4ccc(-c5ccccc5)cc4c3)=NC(c3cccc4oc5cc(-c6ccc7ccccc7c6)ccc5c34)N2)cc1. The summed E-state index contributed by atoms with van der Waals surface area (Å²) in [6.45, 7) is 0. The Morgan fingerprint density at radius 2 is 1.04 bits per heavy atom. The van der Waals surface area contributed by atoms with Crippen LogP contribution < -0.4 is 5.32 Å². The summed E-state index contributed by atoms with van der Waals surface area (Å²) >= 11 is 0. The molecule has 4 nitrogen and oxygen atoms in total. The molecule has 1 N–H and O–H groups in total. The summed E-state index contributed by atoms with van der Waals surface area (Å²) in [5.41, 5.74) is 9.35. The molecule has 1 unspecified atom stereocenters. The number of hydrogen-bond acceptors (Lipinski definition) is 4. The number of nitrogens with zero attached hydrogens (tertiary/aromatic N) is 2. The van der Waals surface area contributed by atoms with Crippen molar-refractivity contribution in [3.63, 3.8) is 0 Å². The maximum atomic E-state index is 6.55.